The lowest BCUT2D eigenvalue weighted by Crippen LogP contribution is -1.91. The molecule has 0 aromatic heterocycles. The van der Waals surface area contributed by atoms with Gasteiger partial charge < -0.3 is 19.3 Å². The van der Waals surface area contributed by atoms with Gasteiger partial charge in [0.15, 0.2) is 23.0 Å². The molecule has 0 aliphatic rings. The number of rotatable bonds is 5. The van der Waals surface area contributed by atoms with Crippen molar-refractivity contribution in [3.63, 3.8) is 0 Å². The Kier molecular flexibility index (Phi) is 4.72. The molecule has 0 unspecified atom stereocenters. The van der Waals surface area contributed by atoms with Gasteiger partial charge >= 0.3 is 0 Å². The predicted octanol–water partition coefficient (Wildman–Crippen LogP) is 3.85. The topological polar surface area (TPSA) is 47.9 Å². The molecule has 0 radical (unpaired) electrons. The number of aromatic hydroxyl groups is 1. The smallest absolute Gasteiger partial charge is 0.168 e. The van der Waals surface area contributed by atoms with Crippen LogP contribution in [0.25, 0.3) is 5.57 Å². The van der Waals surface area contributed by atoms with Crippen LogP contribution in [0, 0.1) is 0 Å². The lowest BCUT2D eigenvalue weighted by atomic mass is 10.1. The number of benzene rings is 2. The molecule has 2 aromatic rings. The van der Waals surface area contributed by atoms with Gasteiger partial charge in [-0.15, -0.1) is 0 Å². The van der Waals surface area contributed by atoms with Crippen LogP contribution in [-0.4, -0.2) is 19.3 Å². The van der Waals surface area contributed by atoms with Crippen LogP contribution >= 0.6 is 0 Å². The summed E-state index contributed by atoms with van der Waals surface area (Å²) in [6.07, 6.45) is 1.64. The fourth-order valence-electron chi connectivity index (χ4n) is 1.86. The molecule has 2 rings (SSSR count). The minimum absolute atomic E-state index is 0.111. The van der Waals surface area contributed by atoms with Gasteiger partial charge in [0, 0.05) is 0 Å². The van der Waals surface area contributed by atoms with E-state index in [0.717, 1.165) is 11.1 Å². The Balaban J connectivity index is 2.21. The average Bonchev–Trinajstić information content (AvgIpc) is 2.53. The van der Waals surface area contributed by atoms with Crippen LogP contribution in [0.2, 0.25) is 0 Å². The van der Waals surface area contributed by atoms with Crippen molar-refractivity contribution in [1.82, 2.24) is 0 Å². The highest BCUT2D eigenvalue weighted by Gasteiger charge is 2.05. The second-order valence-corrected chi connectivity index (χ2v) is 4.46. The number of phenolic OH excluding ortho intramolecular Hbond substituents is 1. The largest absolute Gasteiger partial charge is 0.504 e. The maximum atomic E-state index is 9.60. The number of ether oxygens (including phenoxy) is 3. The van der Waals surface area contributed by atoms with Crippen LogP contribution < -0.4 is 14.2 Å². The standard InChI is InChI=1S/C17H18O4/c1-12(13-8-9-14(18)17(10-13)20-3)11-21-16-7-5-4-6-15(16)19-2/h4-11,18H,1-3H3/b12-11-. The van der Waals surface area contributed by atoms with Gasteiger partial charge in [-0.05, 0) is 42.3 Å². The van der Waals surface area contributed by atoms with E-state index in [1.54, 1.807) is 31.6 Å². The van der Waals surface area contributed by atoms with Gasteiger partial charge in [0.25, 0.3) is 0 Å². The predicted molar refractivity (Wildman–Crippen MR) is 81.9 cm³/mol. The minimum Gasteiger partial charge on any atom is -0.504 e. The fourth-order valence-corrected chi connectivity index (χ4v) is 1.86. The Labute approximate surface area is 124 Å². The molecular weight excluding hydrogens is 268 g/mol. The lowest BCUT2D eigenvalue weighted by molar-refractivity contribution is 0.373. The van der Waals surface area contributed by atoms with Crippen LogP contribution in [-0.2, 0) is 0 Å². The summed E-state index contributed by atoms with van der Waals surface area (Å²) in [4.78, 5) is 0. The van der Waals surface area contributed by atoms with Gasteiger partial charge in [0.1, 0.15) is 0 Å². The van der Waals surface area contributed by atoms with Gasteiger partial charge in [0.05, 0.1) is 20.5 Å². The Morgan fingerprint density at radius 3 is 2.29 bits per heavy atom. The third kappa shape index (κ3) is 3.48. The van der Waals surface area contributed by atoms with Gasteiger partial charge in [0.2, 0.25) is 0 Å². The molecule has 0 saturated heterocycles. The van der Waals surface area contributed by atoms with Gasteiger partial charge in [-0.2, -0.15) is 0 Å². The number of methoxy groups -OCH3 is 2. The molecule has 1 N–H and O–H groups in total. The number of allylic oxidation sites excluding steroid dienone is 1. The van der Waals surface area contributed by atoms with E-state index in [4.69, 9.17) is 14.2 Å². The summed E-state index contributed by atoms with van der Waals surface area (Å²) in [7, 11) is 3.12. The fraction of sp³-hybridized carbons (Fsp3) is 0.176. The molecule has 4 heteroatoms. The van der Waals surface area contributed by atoms with E-state index in [2.05, 4.69) is 0 Å². The van der Waals surface area contributed by atoms with Crippen molar-refractivity contribution >= 4 is 5.57 Å². The average molecular weight is 286 g/mol. The molecule has 4 nitrogen and oxygen atoms in total. The summed E-state index contributed by atoms with van der Waals surface area (Å²) in [6.45, 7) is 1.92. The molecule has 21 heavy (non-hydrogen) atoms. The van der Waals surface area contributed by atoms with Gasteiger partial charge in [-0.25, -0.2) is 0 Å². The normalized spacial score (nSPS) is 11.1. The number of hydrogen-bond acceptors (Lipinski definition) is 4. The molecule has 0 heterocycles. The Morgan fingerprint density at radius 2 is 1.62 bits per heavy atom. The third-order valence-corrected chi connectivity index (χ3v) is 3.07. The summed E-state index contributed by atoms with van der Waals surface area (Å²) in [6, 6.07) is 12.6. The Bertz CT molecular complexity index is 647. The summed E-state index contributed by atoms with van der Waals surface area (Å²) in [5.41, 5.74) is 1.80. The number of phenols is 1. The third-order valence-electron chi connectivity index (χ3n) is 3.07. The summed E-state index contributed by atoms with van der Waals surface area (Å²) in [5, 5.41) is 9.60. The van der Waals surface area contributed by atoms with Crippen molar-refractivity contribution in [1.29, 1.82) is 0 Å². The Hall–Kier alpha value is -2.62. The highest BCUT2D eigenvalue weighted by Crippen LogP contribution is 2.30. The highest BCUT2D eigenvalue weighted by atomic mass is 16.5. The van der Waals surface area contributed by atoms with Crippen molar-refractivity contribution in [2.24, 2.45) is 0 Å². The van der Waals surface area contributed by atoms with E-state index in [1.807, 2.05) is 31.2 Å². The molecule has 2 aromatic carbocycles. The summed E-state index contributed by atoms with van der Waals surface area (Å²) in [5.74, 6) is 1.85. The van der Waals surface area contributed by atoms with Crippen LogP contribution in [0.15, 0.2) is 48.7 Å². The van der Waals surface area contributed by atoms with E-state index < -0.39 is 0 Å². The van der Waals surface area contributed by atoms with E-state index in [0.29, 0.717) is 17.2 Å². The first-order valence-electron chi connectivity index (χ1n) is 6.49. The molecule has 0 aliphatic carbocycles. The van der Waals surface area contributed by atoms with E-state index in [9.17, 15) is 5.11 Å². The van der Waals surface area contributed by atoms with Crippen molar-refractivity contribution in [2.45, 2.75) is 6.92 Å². The zero-order chi connectivity index (χ0) is 15.2. The van der Waals surface area contributed by atoms with E-state index >= 15 is 0 Å². The first-order chi connectivity index (χ1) is 10.2. The molecule has 0 amide bonds. The monoisotopic (exact) mass is 286 g/mol. The van der Waals surface area contributed by atoms with Crippen LogP contribution in [0.5, 0.6) is 23.0 Å². The summed E-state index contributed by atoms with van der Waals surface area (Å²) >= 11 is 0. The second kappa shape index (κ2) is 6.70. The Morgan fingerprint density at radius 1 is 0.952 bits per heavy atom. The van der Waals surface area contributed by atoms with Crippen molar-refractivity contribution < 1.29 is 19.3 Å². The summed E-state index contributed by atoms with van der Waals surface area (Å²) < 4.78 is 16.0. The highest BCUT2D eigenvalue weighted by molar-refractivity contribution is 5.66. The molecule has 0 aliphatic heterocycles. The van der Waals surface area contributed by atoms with Crippen molar-refractivity contribution in [2.75, 3.05) is 14.2 Å². The van der Waals surface area contributed by atoms with Gasteiger partial charge in [-0.1, -0.05) is 18.2 Å². The number of hydrogen-bond donors (Lipinski definition) is 1. The molecule has 0 atom stereocenters. The molecule has 0 bridgehead atoms. The first kappa shape index (κ1) is 14.8. The maximum Gasteiger partial charge on any atom is 0.168 e. The first-order valence-corrected chi connectivity index (χ1v) is 6.49. The molecule has 0 saturated carbocycles. The molecular formula is C17H18O4. The molecule has 0 fully saturated rings. The van der Waals surface area contributed by atoms with E-state index in [1.165, 1.54) is 7.11 Å². The van der Waals surface area contributed by atoms with Crippen molar-refractivity contribution in [3.05, 3.63) is 54.3 Å². The van der Waals surface area contributed by atoms with E-state index in [-0.39, 0.29) is 5.75 Å². The maximum absolute atomic E-state index is 9.60. The van der Waals surface area contributed by atoms with Crippen LogP contribution in [0.1, 0.15) is 12.5 Å². The molecule has 0 spiro atoms. The van der Waals surface area contributed by atoms with Gasteiger partial charge in [-0.3, -0.25) is 0 Å². The second-order valence-electron chi connectivity index (χ2n) is 4.46. The SMILES string of the molecule is COc1cc(/C(C)=C\Oc2ccccc2OC)ccc1O. The lowest BCUT2D eigenvalue weighted by Gasteiger charge is -2.09. The number of para-hydroxylation sites is 2. The minimum atomic E-state index is 0.111. The quantitative estimate of drug-likeness (QED) is 0.848. The molecule has 110 valence electrons. The zero-order valence-corrected chi connectivity index (χ0v) is 12.3. The van der Waals surface area contributed by atoms with Crippen LogP contribution in [0.4, 0.5) is 0 Å². The van der Waals surface area contributed by atoms with Crippen LogP contribution in [0.3, 0.4) is 0 Å². The van der Waals surface area contributed by atoms with Crippen molar-refractivity contribution in [3.8, 4) is 23.0 Å². The zero-order valence-electron chi connectivity index (χ0n) is 12.3.